The lowest BCUT2D eigenvalue weighted by Gasteiger charge is -2.46. The summed E-state index contributed by atoms with van der Waals surface area (Å²) in [4.78, 5) is 27.0. The molecule has 7 heteroatoms. The number of carbonyl (C=O) groups excluding carboxylic acids is 2. The third-order valence-corrected chi connectivity index (χ3v) is 5.61. The van der Waals surface area contributed by atoms with E-state index < -0.39 is 0 Å². The number of rotatable bonds is 5. The van der Waals surface area contributed by atoms with Gasteiger partial charge in [-0.25, -0.2) is 0 Å². The zero-order valence-corrected chi connectivity index (χ0v) is 18.8. The number of carbonyl (C=O) groups is 2. The van der Waals surface area contributed by atoms with Crippen molar-refractivity contribution in [1.29, 1.82) is 0 Å². The van der Waals surface area contributed by atoms with Gasteiger partial charge in [-0.2, -0.15) is 0 Å². The van der Waals surface area contributed by atoms with Gasteiger partial charge in [0.1, 0.15) is 6.54 Å². The first-order chi connectivity index (χ1) is 14.0. The molecule has 164 valence electrons. The van der Waals surface area contributed by atoms with Crippen LogP contribution in [0.4, 0.5) is 0 Å². The lowest BCUT2D eigenvalue weighted by Crippen LogP contribution is -2.62. The highest BCUT2D eigenvalue weighted by atomic mass is 16.5. The molecule has 3 rings (SSSR count). The molecule has 1 saturated heterocycles. The molecule has 1 aromatic rings. The molecule has 0 atom stereocenters. The molecule has 0 aliphatic carbocycles. The first-order valence-electron chi connectivity index (χ1n) is 10.3. The smallest absolute Gasteiger partial charge is 0.240 e. The number of fused-ring (bicyclic) bond motifs is 1. The third-order valence-electron chi connectivity index (χ3n) is 5.61. The van der Waals surface area contributed by atoms with E-state index >= 15 is 0 Å². The van der Waals surface area contributed by atoms with Gasteiger partial charge in [0.25, 0.3) is 0 Å². The van der Waals surface area contributed by atoms with Gasteiger partial charge in [-0.3, -0.25) is 9.59 Å². The van der Waals surface area contributed by atoms with Crippen LogP contribution in [-0.4, -0.2) is 54.6 Å². The summed E-state index contributed by atoms with van der Waals surface area (Å²) in [6.07, 6.45) is 5.40. The molecule has 0 aromatic heterocycles. The number of ether oxygens (including phenoxy) is 2. The van der Waals surface area contributed by atoms with Crippen LogP contribution >= 0.6 is 0 Å². The summed E-state index contributed by atoms with van der Waals surface area (Å²) in [6.45, 7) is 8.59. The lowest BCUT2D eigenvalue weighted by molar-refractivity contribution is -0.133. The van der Waals surface area contributed by atoms with Crippen LogP contribution in [0.5, 0.6) is 11.5 Å². The minimum absolute atomic E-state index is 0.00236. The quantitative estimate of drug-likeness (QED) is 0.772. The maximum absolute atomic E-state index is 12.8. The highest BCUT2D eigenvalue weighted by Gasteiger charge is 2.38. The van der Waals surface area contributed by atoms with E-state index in [0.29, 0.717) is 11.5 Å². The van der Waals surface area contributed by atoms with Crippen molar-refractivity contribution in [2.75, 3.05) is 20.8 Å². The molecule has 0 saturated carbocycles. The van der Waals surface area contributed by atoms with Gasteiger partial charge in [0.15, 0.2) is 11.5 Å². The number of amides is 2. The zero-order chi connectivity index (χ0) is 22.1. The fraction of sp³-hybridized carbons (Fsp3) is 0.565. The van der Waals surface area contributed by atoms with Crippen molar-refractivity contribution in [3.05, 3.63) is 29.5 Å². The number of hydrogen-bond donors (Lipinski definition) is 2. The Morgan fingerprint density at radius 1 is 1.13 bits per heavy atom. The van der Waals surface area contributed by atoms with Crippen LogP contribution in [0.1, 0.15) is 51.7 Å². The predicted molar refractivity (Wildman–Crippen MR) is 116 cm³/mol. The van der Waals surface area contributed by atoms with E-state index in [1.54, 1.807) is 20.4 Å². The third kappa shape index (κ3) is 5.14. The normalized spacial score (nSPS) is 20.3. The van der Waals surface area contributed by atoms with Gasteiger partial charge >= 0.3 is 0 Å². The van der Waals surface area contributed by atoms with Gasteiger partial charge < -0.3 is 25.0 Å². The van der Waals surface area contributed by atoms with E-state index in [1.807, 2.05) is 18.2 Å². The van der Waals surface area contributed by atoms with Gasteiger partial charge in [0.2, 0.25) is 11.8 Å². The van der Waals surface area contributed by atoms with E-state index in [-0.39, 0.29) is 41.9 Å². The van der Waals surface area contributed by atoms with Crippen LogP contribution in [0.25, 0.3) is 6.08 Å². The molecule has 0 bridgehead atoms. The summed E-state index contributed by atoms with van der Waals surface area (Å²) in [5, 5.41) is 6.74. The summed E-state index contributed by atoms with van der Waals surface area (Å²) >= 11 is 0. The number of piperidine rings is 1. The van der Waals surface area contributed by atoms with Crippen molar-refractivity contribution < 1.29 is 19.1 Å². The molecule has 2 aliphatic rings. The molecule has 30 heavy (non-hydrogen) atoms. The van der Waals surface area contributed by atoms with Crippen LogP contribution in [0, 0.1) is 0 Å². The summed E-state index contributed by atoms with van der Waals surface area (Å²) < 4.78 is 10.7. The van der Waals surface area contributed by atoms with Crippen molar-refractivity contribution in [3.63, 3.8) is 0 Å². The molecule has 2 aliphatic heterocycles. The number of benzene rings is 1. The van der Waals surface area contributed by atoms with Crippen LogP contribution < -0.4 is 20.1 Å². The van der Waals surface area contributed by atoms with Crippen LogP contribution in [0.2, 0.25) is 0 Å². The fourth-order valence-corrected chi connectivity index (χ4v) is 4.76. The molecule has 2 heterocycles. The number of methoxy groups -OCH3 is 2. The molecule has 1 aromatic carbocycles. The second kappa shape index (κ2) is 8.30. The van der Waals surface area contributed by atoms with Gasteiger partial charge in [-0.15, -0.1) is 0 Å². The number of hydrogen-bond acceptors (Lipinski definition) is 5. The van der Waals surface area contributed by atoms with Crippen LogP contribution in [0.3, 0.4) is 0 Å². The Kier molecular flexibility index (Phi) is 6.13. The van der Waals surface area contributed by atoms with E-state index in [0.717, 1.165) is 24.0 Å². The van der Waals surface area contributed by atoms with E-state index in [1.165, 1.54) is 4.90 Å². The van der Waals surface area contributed by atoms with Gasteiger partial charge in [0.05, 0.1) is 20.6 Å². The van der Waals surface area contributed by atoms with Gasteiger partial charge in [0, 0.05) is 23.3 Å². The monoisotopic (exact) mass is 415 g/mol. The van der Waals surface area contributed by atoms with Crippen LogP contribution in [0.15, 0.2) is 18.3 Å². The first-order valence-corrected chi connectivity index (χ1v) is 10.3. The van der Waals surface area contributed by atoms with Crippen molar-refractivity contribution >= 4 is 17.9 Å². The first kappa shape index (κ1) is 22.2. The predicted octanol–water partition coefficient (Wildman–Crippen LogP) is 2.48. The minimum atomic E-state index is -0.146. The Bertz CT molecular complexity index is 844. The molecule has 0 spiro atoms. The summed E-state index contributed by atoms with van der Waals surface area (Å²) in [5.41, 5.74) is 1.61. The maximum Gasteiger partial charge on any atom is 0.240 e. The summed E-state index contributed by atoms with van der Waals surface area (Å²) in [7, 11) is 3.15. The second-order valence-electron chi connectivity index (χ2n) is 9.49. The maximum atomic E-state index is 12.8. The van der Waals surface area contributed by atoms with Gasteiger partial charge in [-0.05, 0) is 69.9 Å². The standard InChI is InChI=1S/C23H33N3O4/c1-22(2)12-17(13-23(3,4)25-22)24-20(27)14-26-8-7-15-9-18(29-5)19(30-6)10-16(15)11-21(26)28/h7-10,17,25H,11-14H2,1-6H3,(H,24,27). The van der Waals surface area contributed by atoms with Crippen molar-refractivity contribution in [2.45, 2.75) is 64.1 Å². The van der Waals surface area contributed by atoms with Crippen molar-refractivity contribution in [2.24, 2.45) is 0 Å². The fourth-order valence-electron chi connectivity index (χ4n) is 4.76. The summed E-state index contributed by atoms with van der Waals surface area (Å²) in [5.74, 6) is 0.918. The Balaban J connectivity index is 1.68. The minimum Gasteiger partial charge on any atom is -0.493 e. The molecule has 1 fully saturated rings. The molecule has 2 amide bonds. The Morgan fingerprint density at radius 2 is 1.73 bits per heavy atom. The number of nitrogens with one attached hydrogen (secondary N) is 2. The topological polar surface area (TPSA) is 79.9 Å². The zero-order valence-electron chi connectivity index (χ0n) is 18.8. The molecule has 0 unspecified atom stereocenters. The Hall–Kier alpha value is -2.54. The molecular weight excluding hydrogens is 382 g/mol. The lowest BCUT2D eigenvalue weighted by atomic mass is 9.79. The van der Waals surface area contributed by atoms with Gasteiger partial charge in [-0.1, -0.05) is 0 Å². The summed E-state index contributed by atoms with van der Waals surface area (Å²) in [6, 6.07) is 3.74. The van der Waals surface area contributed by atoms with E-state index in [2.05, 4.69) is 38.3 Å². The largest absolute Gasteiger partial charge is 0.493 e. The highest BCUT2D eigenvalue weighted by molar-refractivity contribution is 5.89. The Morgan fingerprint density at radius 3 is 2.33 bits per heavy atom. The van der Waals surface area contributed by atoms with E-state index in [4.69, 9.17) is 9.47 Å². The molecule has 2 N–H and O–H groups in total. The molecule has 7 nitrogen and oxygen atoms in total. The van der Waals surface area contributed by atoms with Crippen LogP contribution in [-0.2, 0) is 16.0 Å². The van der Waals surface area contributed by atoms with Crippen molar-refractivity contribution in [1.82, 2.24) is 15.5 Å². The number of nitrogens with zero attached hydrogens (tertiary/aromatic N) is 1. The average Bonchev–Trinajstić information content (AvgIpc) is 2.76. The Labute approximate surface area is 178 Å². The highest BCUT2D eigenvalue weighted by Crippen LogP contribution is 2.33. The van der Waals surface area contributed by atoms with Crippen molar-refractivity contribution in [3.8, 4) is 11.5 Å². The molecular formula is C23H33N3O4. The average molecular weight is 416 g/mol. The second-order valence-corrected chi connectivity index (χ2v) is 9.49. The molecule has 0 radical (unpaired) electrons. The SMILES string of the molecule is COc1cc2c(cc1OC)CC(=O)N(CC(=O)NC1CC(C)(C)NC(C)(C)C1)C=C2. The van der Waals surface area contributed by atoms with E-state index in [9.17, 15) is 9.59 Å².